The molecule has 1 saturated heterocycles. The van der Waals surface area contributed by atoms with Crippen molar-refractivity contribution in [2.45, 2.75) is 44.8 Å². The molecule has 2 aromatic heterocycles. The predicted molar refractivity (Wildman–Crippen MR) is 120 cm³/mol. The molecule has 0 bridgehead atoms. The number of aryl methyl sites for hydroxylation is 1. The predicted octanol–water partition coefficient (Wildman–Crippen LogP) is 3.37. The van der Waals surface area contributed by atoms with Crippen LogP contribution in [-0.2, 0) is 4.74 Å². The first-order chi connectivity index (χ1) is 15.2. The van der Waals surface area contributed by atoms with Gasteiger partial charge in [0.1, 0.15) is 22.9 Å². The van der Waals surface area contributed by atoms with E-state index < -0.39 is 0 Å². The summed E-state index contributed by atoms with van der Waals surface area (Å²) in [5.74, 6) is 2.52. The third kappa shape index (κ3) is 4.69. The van der Waals surface area contributed by atoms with Crippen LogP contribution in [0.5, 0.6) is 5.75 Å². The Morgan fingerprint density at radius 2 is 1.81 bits per heavy atom. The van der Waals surface area contributed by atoms with Crippen molar-refractivity contribution in [3.63, 3.8) is 0 Å². The molecule has 8 heteroatoms. The van der Waals surface area contributed by atoms with Gasteiger partial charge >= 0.3 is 0 Å². The number of benzene rings is 1. The van der Waals surface area contributed by atoms with Gasteiger partial charge in [0.05, 0.1) is 24.8 Å². The van der Waals surface area contributed by atoms with Crippen LogP contribution in [0, 0.1) is 6.92 Å². The largest absolute Gasteiger partial charge is 0.488 e. The molecule has 1 saturated carbocycles. The minimum absolute atomic E-state index is 0.176. The van der Waals surface area contributed by atoms with Gasteiger partial charge in [0.2, 0.25) is 0 Å². The Morgan fingerprint density at radius 3 is 2.61 bits per heavy atom. The third-order valence-corrected chi connectivity index (χ3v) is 6.00. The van der Waals surface area contributed by atoms with Gasteiger partial charge in [-0.3, -0.25) is 4.98 Å². The van der Waals surface area contributed by atoms with Gasteiger partial charge in [0.25, 0.3) is 0 Å². The number of fused-ring (bicyclic) bond motifs is 1. The van der Waals surface area contributed by atoms with Crippen LogP contribution in [-0.4, -0.2) is 58.4 Å². The second-order valence-corrected chi connectivity index (χ2v) is 8.19. The van der Waals surface area contributed by atoms with E-state index >= 15 is 0 Å². The van der Waals surface area contributed by atoms with E-state index in [1.54, 1.807) is 18.6 Å². The molecule has 2 aliphatic rings. The topological polar surface area (TPSA) is 85.3 Å². The van der Waals surface area contributed by atoms with Gasteiger partial charge in [-0.05, 0) is 44.7 Å². The van der Waals surface area contributed by atoms with Gasteiger partial charge in [-0.2, -0.15) is 0 Å². The molecule has 1 aliphatic heterocycles. The first-order valence-corrected chi connectivity index (χ1v) is 11.0. The summed E-state index contributed by atoms with van der Waals surface area (Å²) in [5.41, 5.74) is 2.83. The summed E-state index contributed by atoms with van der Waals surface area (Å²) >= 11 is 0. The fourth-order valence-electron chi connectivity index (χ4n) is 4.37. The van der Waals surface area contributed by atoms with E-state index in [-0.39, 0.29) is 6.10 Å². The van der Waals surface area contributed by atoms with E-state index in [9.17, 15) is 0 Å². The van der Waals surface area contributed by atoms with Crippen LogP contribution in [0.3, 0.4) is 0 Å². The smallest absolute Gasteiger partial charge is 0.149 e. The molecular weight excluding hydrogens is 392 g/mol. The first kappa shape index (κ1) is 19.9. The summed E-state index contributed by atoms with van der Waals surface area (Å²) in [4.78, 5) is 20.0. The summed E-state index contributed by atoms with van der Waals surface area (Å²) in [6.45, 7) is 5.16. The average Bonchev–Trinajstić information content (AvgIpc) is 2.81. The molecule has 5 rings (SSSR count). The second-order valence-electron chi connectivity index (χ2n) is 8.19. The molecule has 3 aromatic rings. The van der Waals surface area contributed by atoms with Crippen molar-refractivity contribution < 1.29 is 9.47 Å². The molecule has 0 atom stereocenters. The van der Waals surface area contributed by atoms with Crippen LogP contribution >= 0.6 is 0 Å². The maximum Gasteiger partial charge on any atom is 0.149 e. The Kier molecular flexibility index (Phi) is 5.80. The Labute approximate surface area is 182 Å². The zero-order valence-electron chi connectivity index (χ0n) is 17.8. The lowest BCUT2D eigenvalue weighted by atomic mass is 9.93. The van der Waals surface area contributed by atoms with Gasteiger partial charge in [-0.1, -0.05) is 0 Å². The van der Waals surface area contributed by atoms with E-state index in [1.807, 2.05) is 13.0 Å². The van der Waals surface area contributed by atoms with Crippen LogP contribution in [0.2, 0.25) is 0 Å². The zero-order valence-corrected chi connectivity index (χ0v) is 17.8. The Morgan fingerprint density at radius 1 is 1.00 bits per heavy atom. The highest BCUT2D eigenvalue weighted by Gasteiger charge is 2.24. The summed E-state index contributed by atoms with van der Waals surface area (Å²) in [6.07, 6.45) is 9.51. The van der Waals surface area contributed by atoms with Crippen molar-refractivity contribution in [3.8, 4) is 5.75 Å². The number of rotatable bonds is 5. The summed E-state index contributed by atoms with van der Waals surface area (Å²) in [5, 5.41) is 3.54. The molecule has 2 fully saturated rings. The molecule has 1 N–H and O–H groups in total. The van der Waals surface area contributed by atoms with Gasteiger partial charge in [0, 0.05) is 49.5 Å². The van der Waals surface area contributed by atoms with Crippen LogP contribution in [0.4, 0.5) is 11.5 Å². The van der Waals surface area contributed by atoms with Gasteiger partial charge < -0.3 is 19.7 Å². The van der Waals surface area contributed by atoms with E-state index in [0.717, 1.165) is 86.1 Å². The van der Waals surface area contributed by atoms with Crippen LogP contribution < -0.4 is 15.0 Å². The number of ether oxygens (including phenoxy) is 2. The van der Waals surface area contributed by atoms with Crippen LogP contribution in [0.1, 0.15) is 31.5 Å². The Hall–Kier alpha value is -3.00. The van der Waals surface area contributed by atoms with Crippen molar-refractivity contribution in [1.29, 1.82) is 0 Å². The molecule has 31 heavy (non-hydrogen) atoms. The number of aromatic nitrogens is 4. The number of hydrogen-bond acceptors (Lipinski definition) is 8. The van der Waals surface area contributed by atoms with E-state index in [0.29, 0.717) is 6.04 Å². The standard InChI is InChI=1S/C23H28N6O2/c1-16-24-7-6-22(27-16)28-17-2-4-19(5-3-17)31-21-15-18(29-10-12-30-13-11-29)14-20-23(21)26-9-8-25-20/h6-9,14-15,17,19H,2-5,10-13H2,1H3,(H,24,27,28)/t17-,19+. The average molecular weight is 421 g/mol. The highest BCUT2D eigenvalue weighted by Crippen LogP contribution is 2.33. The molecule has 0 spiro atoms. The highest BCUT2D eigenvalue weighted by molar-refractivity contribution is 5.85. The lowest BCUT2D eigenvalue weighted by Crippen LogP contribution is -2.36. The molecule has 0 unspecified atom stereocenters. The number of morpholine rings is 1. The maximum atomic E-state index is 6.50. The van der Waals surface area contributed by atoms with E-state index in [2.05, 4.69) is 42.3 Å². The fourth-order valence-corrected chi connectivity index (χ4v) is 4.37. The van der Waals surface area contributed by atoms with Crippen molar-refractivity contribution >= 4 is 22.5 Å². The molecule has 8 nitrogen and oxygen atoms in total. The minimum Gasteiger partial charge on any atom is -0.488 e. The lowest BCUT2D eigenvalue weighted by Gasteiger charge is -2.31. The number of anilines is 2. The molecule has 1 aliphatic carbocycles. The van der Waals surface area contributed by atoms with Crippen molar-refractivity contribution in [3.05, 3.63) is 42.6 Å². The minimum atomic E-state index is 0.176. The summed E-state index contributed by atoms with van der Waals surface area (Å²) < 4.78 is 12.0. The number of nitrogens with one attached hydrogen (secondary N) is 1. The van der Waals surface area contributed by atoms with Crippen molar-refractivity contribution in [1.82, 2.24) is 19.9 Å². The maximum absolute atomic E-state index is 6.50. The van der Waals surface area contributed by atoms with E-state index in [4.69, 9.17) is 9.47 Å². The molecule has 3 heterocycles. The quantitative estimate of drug-likeness (QED) is 0.673. The summed E-state index contributed by atoms with van der Waals surface area (Å²) in [6, 6.07) is 6.56. The number of hydrogen-bond donors (Lipinski definition) is 1. The molecule has 0 amide bonds. The monoisotopic (exact) mass is 420 g/mol. The Balaban J connectivity index is 1.28. The van der Waals surface area contributed by atoms with Crippen LogP contribution in [0.25, 0.3) is 11.0 Å². The highest BCUT2D eigenvalue weighted by atomic mass is 16.5. The lowest BCUT2D eigenvalue weighted by molar-refractivity contribution is 0.122. The molecule has 0 radical (unpaired) electrons. The first-order valence-electron chi connectivity index (χ1n) is 11.0. The van der Waals surface area contributed by atoms with Gasteiger partial charge in [-0.15, -0.1) is 0 Å². The van der Waals surface area contributed by atoms with Gasteiger partial charge in [0.15, 0.2) is 0 Å². The SMILES string of the molecule is Cc1nccc(N[C@H]2CC[C@@H](Oc3cc(N4CCOCC4)cc4nccnc34)CC2)n1. The third-order valence-electron chi connectivity index (χ3n) is 6.00. The molecular formula is C23H28N6O2. The molecule has 1 aromatic carbocycles. The fraction of sp³-hybridized carbons (Fsp3) is 0.478. The number of nitrogens with zero attached hydrogens (tertiary/aromatic N) is 5. The Bertz CT molecular complexity index is 1030. The zero-order chi connectivity index (χ0) is 21.0. The second kappa shape index (κ2) is 9.01. The van der Waals surface area contributed by atoms with Crippen molar-refractivity contribution in [2.75, 3.05) is 36.5 Å². The van der Waals surface area contributed by atoms with Gasteiger partial charge in [-0.25, -0.2) is 15.0 Å². The van der Waals surface area contributed by atoms with Crippen LogP contribution in [0.15, 0.2) is 36.8 Å². The van der Waals surface area contributed by atoms with E-state index in [1.165, 1.54) is 0 Å². The molecule has 162 valence electrons. The normalized spacial score (nSPS) is 21.8. The summed E-state index contributed by atoms with van der Waals surface area (Å²) in [7, 11) is 0. The van der Waals surface area contributed by atoms with Crippen molar-refractivity contribution in [2.24, 2.45) is 0 Å².